The molecule has 1 aromatic carbocycles. The van der Waals surface area contributed by atoms with Crippen LogP contribution < -0.4 is 0 Å². The maximum absolute atomic E-state index is 13.9. The van der Waals surface area contributed by atoms with Gasteiger partial charge >= 0.3 is 0 Å². The Hall–Kier alpha value is -1.89. The zero-order chi connectivity index (χ0) is 17.4. The van der Waals surface area contributed by atoms with E-state index in [9.17, 15) is 9.18 Å². The predicted molar refractivity (Wildman–Crippen MR) is 93.7 cm³/mol. The molecule has 2 aliphatic carbocycles. The number of thioether (sulfide) groups is 1. The topological polar surface area (TPSA) is 51.0 Å². The van der Waals surface area contributed by atoms with Gasteiger partial charge in [0, 0.05) is 24.2 Å². The highest BCUT2D eigenvalue weighted by Gasteiger charge is 2.34. The highest BCUT2D eigenvalue weighted by atomic mass is 32.2. The van der Waals surface area contributed by atoms with Crippen molar-refractivity contribution >= 4 is 17.7 Å². The van der Waals surface area contributed by atoms with E-state index in [2.05, 4.69) is 14.8 Å². The van der Waals surface area contributed by atoms with Gasteiger partial charge in [0.1, 0.15) is 11.6 Å². The Labute approximate surface area is 150 Å². The first kappa shape index (κ1) is 16.6. The minimum absolute atomic E-state index is 0.0405. The van der Waals surface area contributed by atoms with Crippen LogP contribution in [0.2, 0.25) is 0 Å². The van der Waals surface area contributed by atoms with E-state index in [1.807, 2.05) is 17.9 Å². The summed E-state index contributed by atoms with van der Waals surface area (Å²) in [5, 5.41) is 9.17. The van der Waals surface area contributed by atoms with Crippen molar-refractivity contribution < 1.29 is 9.18 Å². The quantitative estimate of drug-likeness (QED) is 0.711. The monoisotopic (exact) mass is 360 g/mol. The van der Waals surface area contributed by atoms with Crippen LogP contribution in [0.1, 0.15) is 43.1 Å². The smallest absolute Gasteiger partial charge is 0.233 e. The Morgan fingerprint density at radius 1 is 1.28 bits per heavy atom. The second kappa shape index (κ2) is 6.78. The second-order valence-corrected chi connectivity index (χ2v) is 7.71. The number of nitrogens with zero attached hydrogens (tertiary/aromatic N) is 4. The lowest BCUT2D eigenvalue weighted by Gasteiger charge is -2.22. The van der Waals surface area contributed by atoms with E-state index in [-0.39, 0.29) is 17.8 Å². The molecular weight excluding hydrogens is 339 g/mol. The number of rotatable bonds is 7. The number of carbonyl (C=O) groups excluding carboxylic acids is 1. The fourth-order valence-corrected chi connectivity index (χ4v) is 3.97. The fourth-order valence-electron chi connectivity index (χ4n) is 3.03. The standard InChI is InChI=1S/C18H21FN4OS/c1-12-20-21-18(23(12)15-8-9-15)25-11-17(24)22(14-6-7-14)10-13-4-2-3-5-16(13)19/h2-5,14-15H,6-11H2,1H3. The van der Waals surface area contributed by atoms with E-state index in [0.29, 0.717) is 23.9 Å². The zero-order valence-electron chi connectivity index (χ0n) is 14.2. The third kappa shape index (κ3) is 3.71. The SMILES string of the molecule is Cc1nnc(SCC(=O)N(Cc2ccccc2F)C2CC2)n1C1CC1. The van der Waals surface area contributed by atoms with Gasteiger partial charge in [-0.1, -0.05) is 30.0 Å². The lowest BCUT2D eigenvalue weighted by molar-refractivity contribution is -0.129. The number of carbonyl (C=O) groups is 1. The number of aromatic nitrogens is 3. The molecule has 4 rings (SSSR count). The van der Waals surface area contributed by atoms with Gasteiger partial charge in [-0.3, -0.25) is 4.79 Å². The van der Waals surface area contributed by atoms with E-state index >= 15 is 0 Å². The number of aryl methyl sites for hydroxylation is 1. The van der Waals surface area contributed by atoms with Gasteiger partial charge in [0.2, 0.25) is 5.91 Å². The van der Waals surface area contributed by atoms with E-state index in [4.69, 9.17) is 0 Å². The average Bonchev–Trinajstić information content (AvgIpc) is 3.51. The molecule has 1 heterocycles. The fraction of sp³-hybridized carbons (Fsp3) is 0.500. The summed E-state index contributed by atoms with van der Waals surface area (Å²) >= 11 is 1.44. The highest BCUT2D eigenvalue weighted by molar-refractivity contribution is 7.99. The van der Waals surface area contributed by atoms with Crippen LogP contribution in [0.3, 0.4) is 0 Å². The summed E-state index contributed by atoms with van der Waals surface area (Å²) in [7, 11) is 0. The first-order valence-corrected chi connectivity index (χ1v) is 9.69. The lowest BCUT2D eigenvalue weighted by Crippen LogP contribution is -2.34. The van der Waals surface area contributed by atoms with Gasteiger partial charge < -0.3 is 9.47 Å². The molecule has 25 heavy (non-hydrogen) atoms. The largest absolute Gasteiger partial charge is 0.335 e. The number of halogens is 1. The number of hydrogen-bond donors (Lipinski definition) is 0. The third-order valence-electron chi connectivity index (χ3n) is 4.68. The number of amides is 1. The molecule has 0 bridgehead atoms. The molecule has 1 amide bonds. The molecule has 2 saturated carbocycles. The maximum Gasteiger partial charge on any atom is 0.233 e. The summed E-state index contributed by atoms with van der Waals surface area (Å²) < 4.78 is 16.1. The summed E-state index contributed by atoms with van der Waals surface area (Å²) in [5.74, 6) is 1.01. The predicted octanol–water partition coefficient (Wildman–Crippen LogP) is 3.34. The minimum Gasteiger partial charge on any atom is -0.335 e. The summed E-state index contributed by atoms with van der Waals surface area (Å²) in [6, 6.07) is 7.41. The minimum atomic E-state index is -0.252. The molecule has 0 aliphatic heterocycles. The molecular formula is C18H21FN4OS. The number of hydrogen-bond acceptors (Lipinski definition) is 4. The van der Waals surface area contributed by atoms with E-state index < -0.39 is 0 Å². The molecule has 5 nitrogen and oxygen atoms in total. The molecule has 0 N–H and O–H groups in total. The maximum atomic E-state index is 13.9. The Morgan fingerprint density at radius 3 is 2.72 bits per heavy atom. The van der Waals surface area contributed by atoms with Gasteiger partial charge in [0.05, 0.1) is 5.75 Å². The van der Waals surface area contributed by atoms with Crippen LogP contribution >= 0.6 is 11.8 Å². The van der Waals surface area contributed by atoms with Gasteiger partial charge in [0.25, 0.3) is 0 Å². The summed E-state index contributed by atoms with van der Waals surface area (Å²) in [4.78, 5) is 14.6. The lowest BCUT2D eigenvalue weighted by atomic mass is 10.2. The molecule has 2 aliphatic rings. The molecule has 2 fully saturated rings. The average molecular weight is 360 g/mol. The first-order chi connectivity index (χ1) is 12.1. The van der Waals surface area contributed by atoms with Gasteiger partial charge in [-0.2, -0.15) is 0 Å². The summed E-state index contributed by atoms with van der Waals surface area (Å²) in [6.45, 7) is 2.29. The molecule has 0 radical (unpaired) electrons. The van der Waals surface area contributed by atoms with Gasteiger partial charge in [-0.05, 0) is 38.7 Å². The first-order valence-electron chi connectivity index (χ1n) is 8.70. The van der Waals surface area contributed by atoms with E-state index in [0.717, 1.165) is 36.7 Å². The molecule has 7 heteroatoms. The van der Waals surface area contributed by atoms with Crippen molar-refractivity contribution in [3.05, 3.63) is 41.5 Å². The van der Waals surface area contributed by atoms with Crippen LogP contribution in [0.15, 0.2) is 29.4 Å². The Morgan fingerprint density at radius 2 is 2.04 bits per heavy atom. The molecule has 0 spiro atoms. The van der Waals surface area contributed by atoms with E-state index in [1.165, 1.54) is 17.8 Å². The van der Waals surface area contributed by atoms with Crippen molar-refractivity contribution in [2.45, 2.75) is 56.4 Å². The van der Waals surface area contributed by atoms with Gasteiger partial charge in [-0.15, -0.1) is 10.2 Å². The van der Waals surface area contributed by atoms with Gasteiger partial charge in [0.15, 0.2) is 5.16 Å². The Bertz CT molecular complexity index is 785. The van der Waals surface area contributed by atoms with Crippen molar-refractivity contribution in [1.82, 2.24) is 19.7 Å². The highest BCUT2D eigenvalue weighted by Crippen LogP contribution is 2.38. The van der Waals surface area contributed by atoms with Crippen LogP contribution in [0.4, 0.5) is 4.39 Å². The molecule has 132 valence electrons. The molecule has 0 saturated heterocycles. The number of benzene rings is 1. The van der Waals surface area contributed by atoms with E-state index in [1.54, 1.807) is 12.1 Å². The van der Waals surface area contributed by atoms with Crippen molar-refractivity contribution in [1.29, 1.82) is 0 Å². The van der Waals surface area contributed by atoms with Crippen LogP contribution in [0.5, 0.6) is 0 Å². The molecule has 1 aromatic heterocycles. The third-order valence-corrected chi connectivity index (χ3v) is 5.61. The van der Waals surface area contributed by atoms with Crippen LogP contribution in [0.25, 0.3) is 0 Å². The Balaban J connectivity index is 1.42. The van der Waals surface area contributed by atoms with Crippen molar-refractivity contribution in [2.75, 3.05) is 5.75 Å². The van der Waals surface area contributed by atoms with Crippen LogP contribution in [-0.4, -0.2) is 37.4 Å². The van der Waals surface area contributed by atoms with Crippen molar-refractivity contribution in [3.63, 3.8) is 0 Å². The normalized spacial score (nSPS) is 16.9. The summed E-state index contributed by atoms with van der Waals surface area (Å²) in [5.41, 5.74) is 0.574. The zero-order valence-corrected chi connectivity index (χ0v) is 15.0. The molecule has 0 atom stereocenters. The Kier molecular flexibility index (Phi) is 4.50. The van der Waals surface area contributed by atoms with Gasteiger partial charge in [-0.25, -0.2) is 4.39 Å². The summed E-state index contributed by atoms with van der Waals surface area (Å²) in [6.07, 6.45) is 4.31. The van der Waals surface area contributed by atoms with Crippen molar-refractivity contribution in [3.8, 4) is 0 Å². The van der Waals surface area contributed by atoms with Crippen LogP contribution in [-0.2, 0) is 11.3 Å². The van der Waals surface area contributed by atoms with Crippen LogP contribution in [0, 0.1) is 12.7 Å². The second-order valence-electron chi connectivity index (χ2n) is 6.76. The molecule has 2 aromatic rings. The van der Waals surface area contributed by atoms with Crippen molar-refractivity contribution in [2.24, 2.45) is 0 Å². The molecule has 0 unspecified atom stereocenters.